The second-order valence-electron chi connectivity index (χ2n) is 6.44. The van der Waals surface area contributed by atoms with Gasteiger partial charge < -0.3 is 9.72 Å². The van der Waals surface area contributed by atoms with E-state index < -0.39 is 0 Å². The standard InChI is InChI=1S/C18H22N4O2/c1-3-12-5-4-8-21(12)11-22-10-19-16-14-9-13(24-2)6-7-15(14)20-17(16)18(22)23/h6-7,9-10,12,20H,3-5,8,11H2,1-2H3/t12-/m1/s1. The van der Waals surface area contributed by atoms with Crippen LogP contribution >= 0.6 is 0 Å². The van der Waals surface area contributed by atoms with Crippen LogP contribution in [0.25, 0.3) is 21.9 Å². The van der Waals surface area contributed by atoms with E-state index in [9.17, 15) is 4.79 Å². The largest absolute Gasteiger partial charge is 0.497 e. The van der Waals surface area contributed by atoms with Gasteiger partial charge in [0.1, 0.15) is 16.8 Å². The Balaban J connectivity index is 1.77. The lowest BCUT2D eigenvalue weighted by Gasteiger charge is -2.23. The van der Waals surface area contributed by atoms with Crippen molar-refractivity contribution in [3.8, 4) is 5.75 Å². The molecule has 1 aromatic carbocycles. The molecule has 0 aliphatic carbocycles. The van der Waals surface area contributed by atoms with Gasteiger partial charge in [0.05, 0.1) is 20.1 Å². The zero-order chi connectivity index (χ0) is 16.7. The highest BCUT2D eigenvalue weighted by Gasteiger charge is 2.23. The fraction of sp³-hybridized carbons (Fsp3) is 0.444. The van der Waals surface area contributed by atoms with Crippen molar-refractivity contribution in [2.75, 3.05) is 13.7 Å². The molecule has 0 saturated carbocycles. The maximum absolute atomic E-state index is 12.9. The first-order valence-corrected chi connectivity index (χ1v) is 8.50. The number of hydrogen-bond acceptors (Lipinski definition) is 4. The molecule has 3 heterocycles. The minimum absolute atomic E-state index is 0.0167. The summed E-state index contributed by atoms with van der Waals surface area (Å²) in [5, 5.41) is 0.918. The Morgan fingerprint density at radius 1 is 1.42 bits per heavy atom. The molecule has 0 spiro atoms. The van der Waals surface area contributed by atoms with Crippen molar-refractivity contribution in [2.24, 2.45) is 0 Å². The lowest BCUT2D eigenvalue weighted by Crippen LogP contribution is -2.35. The number of nitrogens with one attached hydrogen (secondary N) is 1. The number of hydrogen-bond donors (Lipinski definition) is 1. The van der Waals surface area contributed by atoms with Gasteiger partial charge in [-0.05, 0) is 37.5 Å². The summed E-state index contributed by atoms with van der Waals surface area (Å²) >= 11 is 0. The van der Waals surface area contributed by atoms with Gasteiger partial charge in [-0.15, -0.1) is 0 Å². The van der Waals surface area contributed by atoms with Crippen LogP contribution in [0.1, 0.15) is 26.2 Å². The minimum atomic E-state index is -0.0167. The summed E-state index contributed by atoms with van der Waals surface area (Å²) in [4.78, 5) is 23.0. The smallest absolute Gasteiger partial charge is 0.278 e. The van der Waals surface area contributed by atoms with Gasteiger partial charge in [-0.2, -0.15) is 0 Å². The number of likely N-dealkylation sites (tertiary alicyclic amines) is 1. The molecular weight excluding hydrogens is 304 g/mol. The topological polar surface area (TPSA) is 63.1 Å². The average molecular weight is 326 g/mol. The molecule has 0 radical (unpaired) electrons. The van der Waals surface area contributed by atoms with Crippen molar-refractivity contribution in [1.82, 2.24) is 19.4 Å². The number of rotatable bonds is 4. The Labute approximate surface area is 140 Å². The monoisotopic (exact) mass is 326 g/mol. The van der Waals surface area contributed by atoms with Crippen LogP contribution in [0.4, 0.5) is 0 Å². The van der Waals surface area contributed by atoms with Gasteiger partial charge in [0, 0.05) is 23.5 Å². The molecule has 24 heavy (non-hydrogen) atoms. The van der Waals surface area contributed by atoms with Crippen LogP contribution in [-0.4, -0.2) is 39.1 Å². The lowest BCUT2D eigenvalue weighted by atomic mass is 10.2. The predicted octanol–water partition coefficient (Wildman–Crippen LogP) is 2.72. The van der Waals surface area contributed by atoms with Crippen LogP contribution in [0, 0.1) is 0 Å². The summed E-state index contributed by atoms with van der Waals surface area (Å²) in [6.45, 7) is 3.87. The molecule has 126 valence electrons. The van der Waals surface area contributed by atoms with Gasteiger partial charge in [0.25, 0.3) is 5.56 Å². The average Bonchev–Trinajstić information content (AvgIpc) is 3.21. The molecule has 1 aliphatic heterocycles. The molecule has 6 nitrogen and oxygen atoms in total. The zero-order valence-corrected chi connectivity index (χ0v) is 14.1. The third-order valence-corrected chi connectivity index (χ3v) is 5.08. The number of H-pyrrole nitrogens is 1. The third-order valence-electron chi connectivity index (χ3n) is 5.08. The van der Waals surface area contributed by atoms with Crippen molar-refractivity contribution in [1.29, 1.82) is 0 Å². The maximum atomic E-state index is 12.9. The Kier molecular flexibility index (Phi) is 3.76. The van der Waals surface area contributed by atoms with Crippen molar-refractivity contribution in [3.05, 3.63) is 34.9 Å². The highest BCUT2D eigenvalue weighted by atomic mass is 16.5. The fourth-order valence-electron chi connectivity index (χ4n) is 3.74. The molecule has 6 heteroatoms. The fourth-order valence-corrected chi connectivity index (χ4v) is 3.74. The molecule has 1 fully saturated rings. The first-order valence-electron chi connectivity index (χ1n) is 8.50. The highest BCUT2D eigenvalue weighted by molar-refractivity contribution is 6.04. The van der Waals surface area contributed by atoms with Crippen molar-refractivity contribution in [2.45, 2.75) is 38.9 Å². The van der Waals surface area contributed by atoms with E-state index in [1.54, 1.807) is 18.0 Å². The van der Waals surface area contributed by atoms with E-state index in [4.69, 9.17) is 4.74 Å². The molecule has 1 aliphatic rings. The van der Waals surface area contributed by atoms with Gasteiger partial charge in [-0.1, -0.05) is 6.92 Å². The van der Waals surface area contributed by atoms with Gasteiger partial charge in [-0.3, -0.25) is 14.3 Å². The second kappa shape index (κ2) is 5.94. The van der Waals surface area contributed by atoms with Crippen LogP contribution in [-0.2, 0) is 6.67 Å². The number of nitrogens with zero attached hydrogens (tertiary/aromatic N) is 3. The Morgan fingerprint density at radius 3 is 3.08 bits per heavy atom. The van der Waals surface area contributed by atoms with Crippen molar-refractivity contribution < 1.29 is 4.74 Å². The highest BCUT2D eigenvalue weighted by Crippen LogP contribution is 2.26. The molecular formula is C18H22N4O2. The SMILES string of the molecule is CC[C@@H]1CCCN1Cn1cnc2c([nH]c3ccc(OC)cc32)c1=O. The first kappa shape index (κ1) is 15.2. The van der Waals surface area contributed by atoms with Crippen LogP contribution in [0.5, 0.6) is 5.75 Å². The van der Waals surface area contributed by atoms with Crippen molar-refractivity contribution in [3.63, 3.8) is 0 Å². The van der Waals surface area contributed by atoms with Crippen molar-refractivity contribution >= 4 is 21.9 Å². The van der Waals surface area contributed by atoms with Gasteiger partial charge in [0.15, 0.2) is 0 Å². The number of methoxy groups -OCH3 is 1. The van der Waals surface area contributed by atoms with E-state index >= 15 is 0 Å². The van der Waals surface area contributed by atoms with E-state index in [0.717, 1.165) is 29.6 Å². The van der Waals surface area contributed by atoms with E-state index in [1.807, 2.05) is 18.2 Å². The quantitative estimate of drug-likeness (QED) is 0.801. The molecule has 1 saturated heterocycles. The Morgan fingerprint density at radius 2 is 2.29 bits per heavy atom. The zero-order valence-electron chi connectivity index (χ0n) is 14.1. The molecule has 0 bridgehead atoms. The molecule has 0 amide bonds. The van der Waals surface area contributed by atoms with Crippen LogP contribution in [0.15, 0.2) is 29.3 Å². The summed E-state index contributed by atoms with van der Waals surface area (Å²) in [6.07, 6.45) is 5.21. The molecule has 1 N–H and O–H groups in total. The van der Waals surface area contributed by atoms with E-state index in [0.29, 0.717) is 23.7 Å². The van der Waals surface area contributed by atoms with Gasteiger partial charge in [0.2, 0.25) is 0 Å². The number of aromatic nitrogens is 3. The van der Waals surface area contributed by atoms with E-state index in [1.165, 1.54) is 12.8 Å². The number of benzene rings is 1. The molecule has 4 rings (SSSR count). The summed E-state index contributed by atoms with van der Waals surface area (Å²) in [5.74, 6) is 0.761. The number of fused-ring (bicyclic) bond motifs is 3. The van der Waals surface area contributed by atoms with Gasteiger partial charge >= 0.3 is 0 Å². The van der Waals surface area contributed by atoms with E-state index in [-0.39, 0.29) is 5.56 Å². The molecule has 0 unspecified atom stereocenters. The normalized spacial score (nSPS) is 18.7. The van der Waals surface area contributed by atoms with E-state index in [2.05, 4.69) is 21.8 Å². The van der Waals surface area contributed by atoms with Gasteiger partial charge in [-0.25, -0.2) is 4.98 Å². The summed E-state index contributed by atoms with van der Waals surface area (Å²) < 4.78 is 6.99. The molecule has 2 aromatic heterocycles. The summed E-state index contributed by atoms with van der Waals surface area (Å²) in [5.41, 5.74) is 2.16. The maximum Gasteiger partial charge on any atom is 0.278 e. The first-order chi connectivity index (χ1) is 11.7. The second-order valence-corrected chi connectivity index (χ2v) is 6.44. The lowest BCUT2D eigenvalue weighted by molar-refractivity contribution is 0.193. The van der Waals surface area contributed by atoms with Crippen LogP contribution in [0.3, 0.4) is 0 Å². The summed E-state index contributed by atoms with van der Waals surface area (Å²) in [6, 6.07) is 6.29. The number of aromatic amines is 1. The molecule has 1 atom stereocenters. The van der Waals surface area contributed by atoms with Crippen LogP contribution in [0.2, 0.25) is 0 Å². The Hall–Kier alpha value is -2.34. The number of ether oxygens (including phenoxy) is 1. The molecule has 3 aromatic rings. The predicted molar refractivity (Wildman–Crippen MR) is 94.4 cm³/mol. The summed E-state index contributed by atoms with van der Waals surface area (Å²) in [7, 11) is 1.64. The van der Waals surface area contributed by atoms with Crippen LogP contribution < -0.4 is 10.3 Å². The minimum Gasteiger partial charge on any atom is -0.497 e. The third kappa shape index (κ3) is 2.38. The Bertz CT molecular complexity index is 943.